The molecular weight excluding hydrogens is 714 g/mol. The van der Waals surface area contributed by atoms with Gasteiger partial charge in [0.25, 0.3) is 5.91 Å². The van der Waals surface area contributed by atoms with Crippen LogP contribution in [0.5, 0.6) is 0 Å². The van der Waals surface area contributed by atoms with Gasteiger partial charge in [-0.3, -0.25) is 19.3 Å². The molecule has 0 aliphatic heterocycles. The Hall–Kier alpha value is -6.36. The number of nitrogens with zero attached hydrogens (tertiary/aromatic N) is 5. The van der Waals surface area contributed by atoms with Crippen LogP contribution in [-0.4, -0.2) is 91.8 Å². The number of pyridine rings is 1. The van der Waals surface area contributed by atoms with Crippen LogP contribution in [0.2, 0.25) is 0 Å². The fourth-order valence-electron chi connectivity index (χ4n) is 4.97. The molecule has 55 heavy (non-hydrogen) atoms. The van der Waals surface area contributed by atoms with Crippen molar-refractivity contribution in [1.29, 1.82) is 0 Å². The maximum absolute atomic E-state index is 13.6. The molecular formula is C38H47N7O10. The van der Waals surface area contributed by atoms with Crippen molar-refractivity contribution >= 4 is 58.7 Å². The number of hydrogen-bond donors (Lipinski definition) is 5. The van der Waals surface area contributed by atoms with Gasteiger partial charge < -0.3 is 34.7 Å². The van der Waals surface area contributed by atoms with Crippen LogP contribution in [0.3, 0.4) is 0 Å². The number of carbonyl (C=O) groups is 5. The number of anilines is 2. The Kier molecular flexibility index (Phi) is 17.7. The Labute approximate surface area is 318 Å². The third kappa shape index (κ3) is 14.5. The number of imidazole rings is 1. The number of ether oxygens (including phenoxy) is 2. The first kappa shape index (κ1) is 43.0. The van der Waals surface area contributed by atoms with E-state index < -0.39 is 30.6 Å². The highest BCUT2D eigenvalue weighted by Gasteiger charge is 2.22. The SMILES string of the molecule is CCCCCCOC(=O)N/N=C/c1ccc(NCc2nc3cc(C(=O)N(CCC(=O)OCC)c4ccccn4)ccc3n2C)cc1.O=C(O)CC(O)C(=O)O. The van der Waals surface area contributed by atoms with Crippen molar-refractivity contribution in [1.82, 2.24) is 20.0 Å². The van der Waals surface area contributed by atoms with Crippen LogP contribution >= 0.6 is 0 Å². The monoisotopic (exact) mass is 761 g/mol. The first-order chi connectivity index (χ1) is 26.4. The van der Waals surface area contributed by atoms with Crippen molar-refractivity contribution in [3.63, 3.8) is 0 Å². The van der Waals surface area contributed by atoms with Crippen LogP contribution in [0, 0.1) is 0 Å². The van der Waals surface area contributed by atoms with E-state index in [9.17, 15) is 24.0 Å². The predicted molar refractivity (Wildman–Crippen MR) is 204 cm³/mol. The van der Waals surface area contributed by atoms with Gasteiger partial charge in [0.15, 0.2) is 6.10 Å². The summed E-state index contributed by atoms with van der Waals surface area (Å²) in [5, 5.41) is 31.5. The van der Waals surface area contributed by atoms with E-state index in [1.54, 1.807) is 49.7 Å². The molecule has 4 rings (SSSR count). The number of fused-ring (bicyclic) bond motifs is 1. The number of aliphatic hydroxyl groups is 1. The van der Waals surface area contributed by atoms with Crippen LogP contribution in [0.15, 0.2) is 72.0 Å². The van der Waals surface area contributed by atoms with Crippen LogP contribution in [0.1, 0.15) is 74.1 Å². The van der Waals surface area contributed by atoms with Gasteiger partial charge in [0.2, 0.25) is 0 Å². The quantitative estimate of drug-likeness (QED) is 0.0377. The third-order valence-corrected chi connectivity index (χ3v) is 7.85. The molecule has 17 heteroatoms. The van der Waals surface area contributed by atoms with Crippen LogP contribution in [-0.2, 0) is 37.4 Å². The molecule has 0 spiro atoms. The number of carboxylic acids is 2. The summed E-state index contributed by atoms with van der Waals surface area (Å²) < 4.78 is 12.1. The number of hydrogen-bond acceptors (Lipinski definition) is 12. The molecule has 0 bridgehead atoms. The number of nitrogens with one attached hydrogen (secondary N) is 2. The number of hydrazone groups is 1. The number of carboxylic acid groups (broad SMARTS) is 2. The second-order valence-electron chi connectivity index (χ2n) is 12.0. The summed E-state index contributed by atoms with van der Waals surface area (Å²) in [4.78, 5) is 67.4. The van der Waals surface area contributed by atoms with Gasteiger partial charge in [0, 0.05) is 31.0 Å². The number of aryl methyl sites for hydroxylation is 1. The summed E-state index contributed by atoms with van der Waals surface area (Å²) in [5.41, 5.74) is 6.07. The number of carbonyl (C=O) groups excluding carboxylic acids is 3. The van der Waals surface area contributed by atoms with E-state index in [4.69, 9.17) is 29.8 Å². The van der Waals surface area contributed by atoms with Crippen LogP contribution in [0.25, 0.3) is 11.0 Å². The molecule has 17 nitrogen and oxygen atoms in total. The van der Waals surface area contributed by atoms with Gasteiger partial charge in [-0.25, -0.2) is 25.0 Å². The maximum Gasteiger partial charge on any atom is 0.427 e. The highest BCUT2D eigenvalue weighted by atomic mass is 16.6. The molecule has 294 valence electrons. The minimum Gasteiger partial charge on any atom is -0.481 e. The first-order valence-corrected chi connectivity index (χ1v) is 17.7. The molecule has 0 fully saturated rings. The van der Waals surface area contributed by atoms with Gasteiger partial charge in [-0.1, -0.05) is 44.4 Å². The van der Waals surface area contributed by atoms with Crippen LogP contribution < -0.4 is 15.6 Å². The number of amides is 2. The standard InChI is InChI=1S/C34H41N7O5.C4H6O5/c1-4-6-7-10-21-46-34(44)39-37-23-25-12-15-27(16-13-25)36-24-31-38-28-22-26(14-17-29(28)40(31)3)33(43)41(20-18-32(42)45-5-2)30-11-8-9-19-35-30;5-2(4(8)9)1-3(6)7/h8-9,11-17,19,22-23,36H,4-7,10,18,20-21,24H2,1-3H3,(H,39,44);2,5H,1H2,(H,6,7)(H,8,9)/b37-23+;. The van der Waals surface area contributed by atoms with E-state index >= 15 is 0 Å². The highest BCUT2D eigenvalue weighted by molar-refractivity contribution is 6.07. The van der Waals surface area contributed by atoms with E-state index in [0.29, 0.717) is 30.0 Å². The Morgan fingerprint density at radius 2 is 1.75 bits per heavy atom. The Bertz CT molecular complexity index is 1900. The Balaban J connectivity index is 0.000000801. The third-order valence-electron chi connectivity index (χ3n) is 7.85. The average Bonchev–Trinajstić information content (AvgIpc) is 3.49. The molecule has 2 heterocycles. The first-order valence-electron chi connectivity index (χ1n) is 17.7. The number of unbranched alkanes of at least 4 members (excludes halogenated alkanes) is 3. The van der Waals surface area contributed by atoms with E-state index in [-0.39, 0.29) is 31.4 Å². The van der Waals surface area contributed by atoms with Crippen molar-refractivity contribution in [2.45, 2.75) is 65.0 Å². The minimum absolute atomic E-state index is 0.0519. The molecule has 2 aromatic heterocycles. The molecule has 4 aromatic rings. The number of aliphatic carboxylic acids is 2. The van der Waals surface area contributed by atoms with Crippen molar-refractivity contribution in [2.24, 2.45) is 12.1 Å². The fraction of sp³-hybridized carbons (Fsp3) is 0.368. The molecule has 1 atom stereocenters. The Morgan fingerprint density at radius 3 is 2.38 bits per heavy atom. The van der Waals surface area contributed by atoms with Gasteiger partial charge in [-0.15, -0.1) is 0 Å². The van der Waals surface area contributed by atoms with Gasteiger partial charge in [-0.05, 0) is 61.4 Å². The summed E-state index contributed by atoms with van der Waals surface area (Å²) in [6.07, 6.45) is 4.25. The maximum atomic E-state index is 13.6. The second-order valence-corrected chi connectivity index (χ2v) is 12.0. The molecule has 5 N–H and O–H groups in total. The van der Waals surface area contributed by atoms with Crippen molar-refractivity contribution in [3.8, 4) is 0 Å². The largest absolute Gasteiger partial charge is 0.481 e. The Morgan fingerprint density at radius 1 is 0.982 bits per heavy atom. The zero-order chi connectivity index (χ0) is 40.2. The van der Waals surface area contributed by atoms with E-state index in [1.807, 2.05) is 41.9 Å². The number of benzene rings is 2. The predicted octanol–water partition coefficient (Wildman–Crippen LogP) is 4.73. The number of aliphatic hydroxyl groups excluding tert-OH is 1. The van der Waals surface area contributed by atoms with Crippen molar-refractivity contribution in [3.05, 3.63) is 83.8 Å². The van der Waals surface area contributed by atoms with E-state index in [2.05, 4.69) is 27.8 Å². The molecule has 0 saturated carbocycles. The lowest BCUT2D eigenvalue weighted by Gasteiger charge is -2.21. The van der Waals surface area contributed by atoms with Gasteiger partial charge in [-0.2, -0.15) is 5.10 Å². The van der Waals surface area contributed by atoms with E-state index in [1.165, 1.54) is 4.90 Å². The van der Waals surface area contributed by atoms with E-state index in [0.717, 1.165) is 48.3 Å². The summed E-state index contributed by atoms with van der Waals surface area (Å²) in [6, 6.07) is 18.3. The minimum atomic E-state index is -1.79. The van der Waals surface area contributed by atoms with Crippen LogP contribution in [0.4, 0.5) is 16.3 Å². The normalized spacial score (nSPS) is 11.3. The molecule has 2 amide bonds. The van der Waals surface area contributed by atoms with Gasteiger partial charge >= 0.3 is 24.0 Å². The summed E-state index contributed by atoms with van der Waals surface area (Å²) in [7, 11) is 1.93. The highest BCUT2D eigenvalue weighted by Crippen LogP contribution is 2.21. The lowest BCUT2D eigenvalue weighted by atomic mass is 10.1. The number of rotatable bonds is 19. The smallest absolute Gasteiger partial charge is 0.427 e. The number of aromatic nitrogens is 3. The topological polar surface area (TPSA) is 235 Å². The van der Waals surface area contributed by atoms with Gasteiger partial charge in [0.05, 0.1) is 49.8 Å². The van der Waals surface area contributed by atoms with Gasteiger partial charge in [0.1, 0.15) is 11.6 Å². The molecule has 0 saturated heterocycles. The fourth-order valence-corrected chi connectivity index (χ4v) is 4.97. The zero-order valence-electron chi connectivity index (χ0n) is 31.0. The summed E-state index contributed by atoms with van der Waals surface area (Å²) in [5.74, 6) is -2.27. The number of esters is 1. The molecule has 1 unspecified atom stereocenters. The lowest BCUT2D eigenvalue weighted by molar-refractivity contribution is -0.152. The molecule has 0 radical (unpaired) electrons. The average molecular weight is 762 g/mol. The second kappa shape index (κ2) is 22.7. The molecule has 0 aliphatic rings. The summed E-state index contributed by atoms with van der Waals surface area (Å²) in [6.45, 7) is 5.13. The van der Waals surface area contributed by atoms with Crippen molar-refractivity contribution in [2.75, 3.05) is 30.0 Å². The lowest BCUT2D eigenvalue weighted by Crippen LogP contribution is -2.34. The molecule has 2 aromatic carbocycles. The summed E-state index contributed by atoms with van der Waals surface area (Å²) >= 11 is 0. The van der Waals surface area contributed by atoms with Crippen molar-refractivity contribution < 1.29 is 48.8 Å². The zero-order valence-corrected chi connectivity index (χ0v) is 31.0. The molecule has 0 aliphatic carbocycles.